The first-order valence-corrected chi connectivity index (χ1v) is 14.2. The van der Waals surface area contributed by atoms with Gasteiger partial charge in [0.15, 0.2) is 11.5 Å². The van der Waals surface area contributed by atoms with E-state index < -0.39 is 0 Å². The molecule has 1 aliphatic rings. The lowest BCUT2D eigenvalue weighted by Crippen LogP contribution is -2.26. The zero-order valence-electron chi connectivity index (χ0n) is 23.2. The Morgan fingerprint density at radius 1 is 0.756 bits per heavy atom. The highest BCUT2D eigenvalue weighted by molar-refractivity contribution is 5.88. The normalized spacial score (nSPS) is 14.0. The summed E-state index contributed by atoms with van der Waals surface area (Å²) in [6.07, 6.45) is 10.3. The first kappa shape index (κ1) is 26.5. The highest BCUT2D eigenvalue weighted by atomic mass is 16.5. The molecule has 0 bridgehead atoms. The predicted molar refractivity (Wildman–Crippen MR) is 164 cm³/mol. The molecule has 0 saturated heterocycles. The van der Waals surface area contributed by atoms with Gasteiger partial charge in [-0.15, -0.1) is 0 Å². The molecule has 0 amide bonds. The quantitative estimate of drug-likeness (QED) is 0.192. The van der Waals surface area contributed by atoms with Crippen LogP contribution >= 0.6 is 0 Å². The molecule has 5 aromatic rings. The summed E-state index contributed by atoms with van der Waals surface area (Å²) in [6.45, 7) is 0. The lowest BCUT2D eigenvalue weighted by atomic mass is 9.98. The van der Waals surface area contributed by atoms with Crippen LogP contribution in [0.1, 0.15) is 54.0 Å². The Balaban J connectivity index is 1.45. The molecule has 1 aromatic heterocycles. The molecule has 0 aliphatic heterocycles. The maximum Gasteiger partial charge on any atom is 0.333 e. The van der Waals surface area contributed by atoms with Crippen LogP contribution in [0.4, 0.5) is 0 Å². The van der Waals surface area contributed by atoms with Gasteiger partial charge in [0.05, 0.1) is 19.3 Å². The van der Waals surface area contributed by atoms with Crippen LogP contribution in [0, 0.1) is 0 Å². The summed E-state index contributed by atoms with van der Waals surface area (Å²) in [4.78, 5) is 14.0. The van der Waals surface area contributed by atoms with E-state index in [0.717, 1.165) is 46.4 Å². The fourth-order valence-electron chi connectivity index (χ4n) is 5.68. The Hall–Kier alpha value is -4.77. The lowest BCUT2D eigenvalue weighted by Gasteiger charge is -2.19. The third-order valence-electron chi connectivity index (χ3n) is 7.76. The molecule has 0 spiro atoms. The maximum atomic E-state index is 14.0. The van der Waals surface area contributed by atoms with Crippen LogP contribution in [-0.4, -0.2) is 22.3 Å². The summed E-state index contributed by atoms with van der Waals surface area (Å²) in [5, 5.41) is 0. The number of hydrogen-bond donors (Lipinski definition) is 0. The second-order valence-electron chi connectivity index (χ2n) is 10.4. The number of aromatic nitrogens is 2. The van der Waals surface area contributed by atoms with Gasteiger partial charge in [-0.1, -0.05) is 97.1 Å². The molecule has 0 N–H and O–H groups in total. The fraction of sp³-hybridized carbons (Fsp3) is 0.194. The van der Waals surface area contributed by atoms with Gasteiger partial charge in [0, 0.05) is 24.2 Å². The van der Waals surface area contributed by atoms with Gasteiger partial charge in [-0.25, -0.2) is 4.79 Å². The Bertz CT molecular complexity index is 1630. The molecule has 5 nitrogen and oxygen atoms in total. The van der Waals surface area contributed by atoms with Crippen molar-refractivity contribution in [2.24, 2.45) is 0 Å². The number of nitrogens with zero attached hydrogens (tertiary/aromatic N) is 2. The van der Waals surface area contributed by atoms with Crippen molar-refractivity contribution >= 4 is 11.8 Å². The third-order valence-corrected chi connectivity index (χ3v) is 7.76. The Labute approximate surface area is 240 Å². The number of benzene rings is 4. The molecule has 0 radical (unpaired) electrons. The van der Waals surface area contributed by atoms with Gasteiger partial charge >= 0.3 is 5.69 Å². The molecule has 6 rings (SSSR count). The average Bonchev–Trinajstić information content (AvgIpc) is 3.67. The van der Waals surface area contributed by atoms with Crippen molar-refractivity contribution in [2.75, 3.05) is 7.11 Å². The maximum absolute atomic E-state index is 14.0. The van der Waals surface area contributed by atoms with E-state index in [1.807, 2.05) is 91.4 Å². The fourth-order valence-corrected chi connectivity index (χ4v) is 5.68. The van der Waals surface area contributed by atoms with Crippen molar-refractivity contribution in [2.45, 2.75) is 37.8 Å². The molecule has 4 aromatic carbocycles. The number of ether oxygens (including phenoxy) is 2. The van der Waals surface area contributed by atoms with Crippen molar-refractivity contribution in [1.29, 1.82) is 0 Å². The SMILES string of the molecule is COc1ccc(/C(=C\n2ccn(C(c3ccccc3)c3ccccc3)c2=O)c2ccccc2)cc1OC1CCCC1. The lowest BCUT2D eigenvalue weighted by molar-refractivity contribution is 0.201. The molecule has 0 atom stereocenters. The van der Waals surface area contributed by atoms with Crippen LogP contribution in [0.25, 0.3) is 11.8 Å². The first-order chi connectivity index (χ1) is 20.2. The minimum Gasteiger partial charge on any atom is -0.493 e. The van der Waals surface area contributed by atoms with Gasteiger partial charge in [-0.2, -0.15) is 0 Å². The van der Waals surface area contributed by atoms with Crippen molar-refractivity contribution in [1.82, 2.24) is 9.13 Å². The molecule has 1 heterocycles. The predicted octanol–water partition coefficient (Wildman–Crippen LogP) is 7.66. The summed E-state index contributed by atoms with van der Waals surface area (Å²) in [5.74, 6) is 1.45. The number of methoxy groups -OCH3 is 1. The second-order valence-corrected chi connectivity index (χ2v) is 10.4. The standard InChI is InChI=1S/C36H34N2O3/c1-40-33-22-21-30(25-34(33)41-31-19-11-12-20-31)32(27-13-5-2-6-14-27)26-37-23-24-38(36(37)39)35(28-15-7-3-8-16-28)29-17-9-4-10-18-29/h2-10,13-18,21-26,31,35H,11-12,19-20H2,1H3/b32-26-. The largest absolute Gasteiger partial charge is 0.493 e. The van der Waals surface area contributed by atoms with E-state index in [1.165, 1.54) is 12.8 Å². The van der Waals surface area contributed by atoms with Crippen LogP contribution in [-0.2, 0) is 0 Å². The van der Waals surface area contributed by atoms with E-state index in [9.17, 15) is 4.79 Å². The van der Waals surface area contributed by atoms with Gasteiger partial charge in [0.1, 0.15) is 0 Å². The van der Waals surface area contributed by atoms with E-state index in [1.54, 1.807) is 16.2 Å². The molecule has 5 heteroatoms. The van der Waals surface area contributed by atoms with Crippen molar-refractivity contribution in [3.8, 4) is 11.5 Å². The van der Waals surface area contributed by atoms with Gasteiger partial charge in [0.2, 0.25) is 0 Å². The van der Waals surface area contributed by atoms with Crippen LogP contribution in [0.3, 0.4) is 0 Å². The monoisotopic (exact) mass is 542 g/mol. The van der Waals surface area contributed by atoms with E-state index >= 15 is 0 Å². The van der Waals surface area contributed by atoms with Crippen molar-refractivity contribution < 1.29 is 9.47 Å². The molecular weight excluding hydrogens is 508 g/mol. The topological polar surface area (TPSA) is 45.4 Å². The zero-order chi connectivity index (χ0) is 28.0. The van der Waals surface area contributed by atoms with Gasteiger partial charge < -0.3 is 9.47 Å². The minimum absolute atomic E-state index is 0.118. The first-order valence-electron chi connectivity index (χ1n) is 14.2. The number of imidazole rings is 1. The molecule has 1 aliphatic carbocycles. The van der Waals surface area contributed by atoms with Crippen LogP contribution in [0.2, 0.25) is 0 Å². The Kier molecular flexibility index (Phi) is 7.85. The molecule has 0 unspecified atom stereocenters. The smallest absolute Gasteiger partial charge is 0.333 e. The highest BCUT2D eigenvalue weighted by Crippen LogP contribution is 2.36. The second kappa shape index (κ2) is 12.2. The third kappa shape index (κ3) is 5.75. The van der Waals surface area contributed by atoms with Crippen molar-refractivity contribution in [3.63, 3.8) is 0 Å². The summed E-state index contributed by atoms with van der Waals surface area (Å²) >= 11 is 0. The van der Waals surface area contributed by atoms with E-state index in [-0.39, 0.29) is 17.8 Å². The van der Waals surface area contributed by atoms with E-state index in [4.69, 9.17) is 9.47 Å². The highest BCUT2D eigenvalue weighted by Gasteiger charge is 2.21. The minimum atomic E-state index is -0.243. The molecule has 206 valence electrons. The Morgan fingerprint density at radius 3 is 1.98 bits per heavy atom. The van der Waals surface area contributed by atoms with Gasteiger partial charge in [-0.3, -0.25) is 9.13 Å². The Morgan fingerprint density at radius 2 is 1.37 bits per heavy atom. The molecule has 1 saturated carbocycles. The summed E-state index contributed by atoms with van der Waals surface area (Å²) in [6, 6.07) is 36.2. The van der Waals surface area contributed by atoms with E-state index in [2.05, 4.69) is 36.4 Å². The van der Waals surface area contributed by atoms with E-state index in [0.29, 0.717) is 5.75 Å². The van der Waals surface area contributed by atoms with Crippen LogP contribution in [0.5, 0.6) is 11.5 Å². The number of hydrogen-bond acceptors (Lipinski definition) is 3. The molecule has 1 fully saturated rings. The molecule has 41 heavy (non-hydrogen) atoms. The average molecular weight is 543 g/mol. The number of rotatable bonds is 9. The van der Waals surface area contributed by atoms with Gasteiger partial charge in [0.25, 0.3) is 0 Å². The van der Waals surface area contributed by atoms with Crippen LogP contribution in [0.15, 0.2) is 126 Å². The summed E-state index contributed by atoms with van der Waals surface area (Å²) < 4.78 is 15.5. The molecular formula is C36H34N2O3. The zero-order valence-corrected chi connectivity index (χ0v) is 23.2. The summed E-state index contributed by atoms with van der Waals surface area (Å²) in [5.41, 5.74) is 4.86. The van der Waals surface area contributed by atoms with Crippen molar-refractivity contribution in [3.05, 3.63) is 154 Å². The summed E-state index contributed by atoms with van der Waals surface area (Å²) in [7, 11) is 1.67. The van der Waals surface area contributed by atoms with Gasteiger partial charge in [-0.05, 0) is 60.1 Å². The van der Waals surface area contributed by atoms with Crippen LogP contribution < -0.4 is 15.2 Å².